The zero-order valence-corrected chi connectivity index (χ0v) is 19.2. The highest BCUT2D eigenvalue weighted by Gasteiger charge is 2.37. The van der Waals surface area contributed by atoms with Crippen molar-refractivity contribution in [1.29, 1.82) is 5.41 Å². The van der Waals surface area contributed by atoms with Gasteiger partial charge in [0.25, 0.3) is 5.91 Å². The Kier molecular flexibility index (Phi) is 6.92. The predicted octanol–water partition coefficient (Wildman–Crippen LogP) is 3.27. The number of nitrogens with zero attached hydrogens (tertiary/aromatic N) is 1. The molecule has 7 N–H and O–H groups in total. The highest BCUT2D eigenvalue weighted by Crippen LogP contribution is 2.33. The zero-order chi connectivity index (χ0) is 27.6. The first-order valence-electron chi connectivity index (χ1n) is 10.8. The molecule has 1 atom stereocenters. The van der Waals surface area contributed by atoms with Gasteiger partial charge in [0.05, 0.1) is 29.6 Å². The highest BCUT2D eigenvalue weighted by molar-refractivity contribution is 6.16. The Bertz CT molecular complexity index is 1410. The maximum atomic E-state index is 13.9. The van der Waals surface area contributed by atoms with Crippen LogP contribution in [-0.2, 0) is 15.8 Å². The van der Waals surface area contributed by atoms with E-state index in [2.05, 4.69) is 16.0 Å². The summed E-state index contributed by atoms with van der Waals surface area (Å²) in [5, 5.41) is 18.1. The molecule has 1 unspecified atom stereocenters. The van der Waals surface area contributed by atoms with E-state index in [4.69, 9.17) is 15.6 Å². The van der Waals surface area contributed by atoms with Crippen LogP contribution in [0.3, 0.4) is 0 Å². The van der Waals surface area contributed by atoms with Crippen molar-refractivity contribution in [3.05, 3.63) is 71.7 Å². The second-order valence-electron chi connectivity index (χ2n) is 7.93. The van der Waals surface area contributed by atoms with Gasteiger partial charge in [-0.05, 0) is 48.5 Å². The third kappa shape index (κ3) is 5.50. The number of urea groups is 1. The van der Waals surface area contributed by atoms with Crippen molar-refractivity contribution in [2.45, 2.75) is 12.3 Å². The van der Waals surface area contributed by atoms with Crippen LogP contribution in [0.5, 0.6) is 0 Å². The first-order valence-corrected chi connectivity index (χ1v) is 10.8. The van der Waals surface area contributed by atoms with E-state index < -0.39 is 53.8 Å². The number of anilines is 4. The number of alkyl halides is 3. The van der Waals surface area contributed by atoms with Gasteiger partial charge < -0.3 is 31.4 Å². The van der Waals surface area contributed by atoms with Crippen LogP contribution in [0.15, 0.2) is 59.2 Å². The van der Waals surface area contributed by atoms with Gasteiger partial charge in [0, 0.05) is 11.4 Å². The summed E-state index contributed by atoms with van der Waals surface area (Å²) in [6.45, 7) is -0.437. The van der Waals surface area contributed by atoms with Crippen LogP contribution in [0.1, 0.15) is 11.1 Å². The van der Waals surface area contributed by atoms with E-state index in [1.165, 1.54) is 41.5 Å². The second-order valence-corrected chi connectivity index (χ2v) is 7.93. The number of hydrogen-bond acceptors (Lipinski definition) is 6. The summed E-state index contributed by atoms with van der Waals surface area (Å²) in [6, 6.07) is 7.83. The lowest BCUT2D eigenvalue weighted by Crippen LogP contribution is -2.57. The maximum absolute atomic E-state index is 13.9. The molecule has 38 heavy (non-hydrogen) atoms. The van der Waals surface area contributed by atoms with Gasteiger partial charge in [0.2, 0.25) is 11.8 Å². The smallest absolute Gasteiger partial charge is 0.416 e. The Morgan fingerprint density at radius 3 is 2.45 bits per heavy atom. The molecule has 0 fully saturated rings. The molecule has 15 heteroatoms. The topological polar surface area (TPSA) is 166 Å². The summed E-state index contributed by atoms with van der Waals surface area (Å²) in [6.07, 6.45) is -4.60. The van der Waals surface area contributed by atoms with Gasteiger partial charge in [-0.15, -0.1) is 0 Å². The number of amidine groups is 1. The zero-order valence-electron chi connectivity index (χ0n) is 19.2. The number of benzene rings is 2. The molecule has 1 aliphatic heterocycles. The molecule has 11 nitrogen and oxygen atoms in total. The van der Waals surface area contributed by atoms with Crippen molar-refractivity contribution in [3.8, 4) is 0 Å². The number of carbonyl (C=O) groups excluding carboxylic acids is 3. The normalized spacial score (nSPS) is 14.8. The number of halogens is 4. The number of hydrogen-bond donors (Lipinski definition) is 6. The van der Waals surface area contributed by atoms with Crippen molar-refractivity contribution in [1.82, 2.24) is 5.32 Å². The van der Waals surface area contributed by atoms with Crippen LogP contribution < -0.4 is 31.9 Å². The van der Waals surface area contributed by atoms with Gasteiger partial charge in [0.1, 0.15) is 11.7 Å². The number of amides is 4. The molecule has 0 saturated heterocycles. The van der Waals surface area contributed by atoms with Gasteiger partial charge in [-0.1, -0.05) is 0 Å². The lowest BCUT2D eigenvalue weighted by molar-refractivity contribution is -0.137. The quantitative estimate of drug-likeness (QED) is 0.266. The number of rotatable bonds is 6. The average Bonchev–Trinajstić information content (AvgIpc) is 3.33. The molecule has 2 heterocycles. The lowest BCUT2D eigenvalue weighted by atomic mass is 10.1. The third-order valence-electron chi connectivity index (χ3n) is 5.32. The Morgan fingerprint density at radius 1 is 1.08 bits per heavy atom. The minimum absolute atomic E-state index is 0.106. The minimum atomic E-state index is -4.72. The van der Waals surface area contributed by atoms with Crippen LogP contribution in [0.4, 0.5) is 45.3 Å². The molecule has 0 aliphatic carbocycles. The molecule has 0 saturated carbocycles. The van der Waals surface area contributed by atoms with Gasteiger partial charge >= 0.3 is 12.2 Å². The molecule has 1 aliphatic rings. The van der Waals surface area contributed by atoms with E-state index in [0.29, 0.717) is 29.4 Å². The van der Waals surface area contributed by atoms with E-state index >= 15 is 0 Å². The fourth-order valence-corrected chi connectivity index (χ4v) is 3.57. The van der Waals surface area contributed by atoms with Gasteiger partial charge in [-0.2, -0.15) is 13.2 Å². The molecule has 3 aromatic rings. The van der Waals surface area contributed by atoms with Gasteiger partial charge in [-0.3, -0.25) is 19.9 Å². The predicted molar refractivity (Wildman–Crippen MR) is 128 cm³/mol. The van der Waals surface area contributed by atoms with E-state index in [1.54, 1.807) is 0 Å². The maximum Gasteiger partial charge on any atom is 0.416 e. The molecular formula is C23H19F4N7O4. The molecular weight excluding hydrogens is 514 g/mol. The van der Waals surface area contributed by atoms with E-state index in [1.807, 2.05) is 5.32 Å². The number of nitrogens with two attached hydrogens (primary N) is 1. The van der Waals surface area contributed by atoms with Crippen LogP contribution in [-0.4, -0.2) is 36.4 Å². The van der Waals surface area contributed by atoms with Crippen molar-refractivity contribution in [3.63, 3.8) is 0 Å². The average molecular weight is 533 g/mol. The minimum Gasteiger partial charge on any atom is -0.448 e. The number of fused-ring (bicyclic) bond motifs is 1. The van der Waals surface area contributed by atoms with Crippen molar-refractivity contribution < 1.29 is 36.4 Å². The van der Waals surface area contributed by atoms with Crippen LogP contribution in [0.25, 0.3) is 0 Å². The SMILES string of the molecule is N=C1c2ccoc2NC(C(=O)NCC(N)=O)N1c1ccc(NC(=O)Nc2cc(C(F)(F)F)ccc2F)cc1. The largest absolute Gasteiger partial charge is 0.448 e. The number of primary amides is 1. The lowest BCUT2D eigenvalue weighted by Gasteiger charge is -2.36. The Balaban J connectivity index is 1.51. The Labute approximate surface area is 211 Å². The van der Waals surface area contributed by atoms with Crippen molar-refractivity contribution in [2.24, 2.45) is 5.73 Å². The summed E-state index contributed by atoms with van der Waals surface area (Å²) in [5.74, 6) is -2.44. The first-order chi connectivity index (χ1) is 17.9. The van der Waals surface area contributed by atoms with Crippen LogP contribution >= 0.6 is 0 Å². The van der Waals surface area contributed by atoms with E-state index in [9.17, 15) is 31.9 Å². The monoisotopic (exact) mass is 533 g/mol. The summed E-state index contributed by atoms with van der Waals surface area (Å²) >= 11 is 0. The summed E-state index contributed by atoms with van der Waals surface area (Å²) in [7, 11) is 0. The molecule has 4 amide bonds. The number of nitrogens with one attached hydrogen (secondary N) is 5. The number of carbonyl (C=O) groups is 3. The molecule has 1 aromatic heterocycles. The molecule has 4 rings (SSSR count). The van der Waals surface area contributed by atoms with E-state index in [0.717, 1.165) is 0 Å². The second kappa shape index (κ2) is 10.1. The summed E-state index contributed by atoms with van der Waals surface area (Å²) in [5.41, 5.74) is 4.14. The standard InChI is InChI=1S/C23H19F4N7O4/c24-15-6-1-11(23(25,26)27)9-16(15)32-22(37)31-12-2-4-13(5-3-12)34-18(29)14-7-8-38-21(14)33-19(34)20(36)30-10-17(28)35/h1-9,19,29,33H,10H2,(H2,28,35)(H,30,36)(H2,31,32,37). The Hall–Kier alpha value is -5.08. The molecule has 0 bridgehead atoms. The van der Waals surface area contributed by atoms with Gasteiger partial charge in [-0.25, -0.2) is 9.18 Å². The fourth-order valence-electron chi connectivity index (χ4n) is 3.57. The molecule has 198 valence electrons. The summed E-state index contributed by atoms with van der Waals surface area (Å²) in [4.78, 5) is 37.4. The van der Waals surface area contributed by atoms with Gasteiger partial charge in [0.15, 0.2) is 6.17 Å². The summed E-state index contributed by atoms with van der Waals surface area (Å²) < 4.78 is 57.9. The molecule has 0 spiro atoms. The van der Waals surface area contributed by atoms with E-state index in [-0.39, 0.29) is 17.4 Å². The van der Waals surface area contributed by atoms with Crippen LogP contribution in [0, 0.1) is 11.2 Å². The van der Waals surface area contributed by atoms with Crippen LogP contribution in [0.2, 0.25) is 0 Å². The highest BCUT2D eigenvalue weighted by atomic mass is 19.4. The first kappa shape index (κ1) is 26.0. The molecule has 2 aromatic carbocycles. The molecule has 0 radical (unpaired) electrons. The van der Waals surface area contributed by atoms with Crippen molar-refractivity contribution in [2.75, 3.05) is 27.4 Å². The fraction of sp³-hybridized carbons (Fsp3) is 0.130. The number of furan rings is 1. The Morgan fingerprint density at radius 2 is 1.79 bits per heavy atom. The third-order valence-corrected chi connectivity index (χ3v) is 5.32. The van der Waals surface area contributed by atoms with Crippen molar-refractivity contribution >= 4 is 46.6 Å².